The predicted molar refractivity (Wildman–Crippen MR) is 85.5 cm³/mol. The second-order valence-corrected chi connectivity index (χ2v) is 6.63. The van der Waals surface area contributed by atoms with Gasteiger partial charge in [0.1, 0.15) is 0 Å². The first-order valence-electron chi connectivity index (χ1n) is 8.20. The van der Waals surface area contributed by atoms with Crippen LogP contribution in [0.5, 0.6) is 0 Å². The molecule has 4 unspecified atom stereocenters. The molecule has 2 aliphatic rings. The number of carbonyl (C=O) groups excluding carboxylic acids is 1. The van der Waals surface area contributed by atoms with Crippen molar-refractivity contribution in [1.29, 1.82) is 0 Å². The summed E-state index contributed by atoms with van der Waals surface area (Å²) in [5.41, 5.74) is 7.25. The van der Waals surface area contributed by atoms with E-state index < -0.39 is 0 Å². The van der Waals surface area contributed by atoms with Gasteiger partial charge in [0, 0.05) is 31.2 Å². The molecule has 2 fully saturated rings. The molecule has 1 amide bonds. The third-order valence-corrected chi connectivity index (χ3v) is 5.30. The van der Waals surface area contributed by atoms with Crippen LogP contribution in [0.2, 0.25) is 0 Å². The van der Waals surface area contributed by atoms with Crippen LogP contribution >= 0.6 is 0 Å². The second kappa shape index (κ2) is 5.77. The molecular weight excluding hydrogens is 290 g/mol. The average molecular weight is 311 g/mol. The Morgan fingerprint density at radius 2 is 2.22 bits per heavy atom. The lowest BCUT2D eigenvalue weighted by molar-refractivity contribution is -0.127. The van der Waals surface area contributed by atoms with Crippen molar-refractivity contribution in [3.05, 3.63) is 42.4 Å². The topological polar surface area (TPSA) is 85.8 Å². The number of hydrogen-bond donors (Lipinski definition) is 2. The molecule has 4 atom stereocenters. The minimum atomic E-state index is -0.0128. The van der Waals surface area contributed by atoms with E-state index in [1.165, 1.54) is 6.42 Å². The molecule has 0 radical (unpaired) electrons. The molecule has 0 spiro atoms. The van der Waals surface area contributed by atoms with E-state index in [1.807, 2.05) is 24.4 Å². The molecule has 4 rings (SSSR count). The lowest BCUT2D eigenvalue weighted by Gasteiger charge is -2.27. The first-order valence-corrected chi connectivity index (χ1v) is 8.20. The Hall–Kier alpha value is -2.21. The van der Waals surface area contributed by atoms with Crippen molar-refractivity contribution in [3.63, 3.8) is 0 Å². The first-order chi connectivity index (χ1) is 11.2. The average Bonchev–Trinajstić information content (AvgIpc) is 3.30. The molecular formula is C17H21N5O. The molecule has 3 N–H and O–H groups in total. The molecule has 2 saturated carbocycles. The summed E-state index contributed by atoms with van der Waals surface area (Å²) in [4.78, 5) is 16.8. The Morgan fingerprint density at radius 1 is 1.35 bits per heavy atom. The highest BCUT2D eigenvalue weighted by Crippen LogP contribution is 2.47. The monoisotopic (exact) mass is 311 g/mol. The van der Waals surface area contributed by atoms with E-state index in [9.17, 15) is 4.79 Å². The molecule has 2 heterocycles. The highest BCUT2D eigenvalue weighted by Gasteiger charge is 2.48. The van der Waals surface area contributed by atoms with Gasteiger partial charge in [-0.1, -0.05) is 0 Å². The Labute approximate surface area is 135 Å². The molecule has 0 aromatic carbocycles. The van der Waals surface area contributed by atoms with E-state index in [1.54, 1.807) is 17.1 Å². The maximum Gasteiger partial charge on any atom is 0.225 e. The van der Waals surface area contributed by atoms with E-state index in [2.05, 4.69) is 15.4 Å². The summed E-state index contributed by atoms with van der Waals surface area (Å²) in [6.45, 7) is 0.496. The van der Waals surface area contributed by atoms with Crippen molar-refractivity contribution in [2.75, 3.05) is 0 Å². The fourth-order valence-electron chi connectivity index (χ4n) is 4.13. The van der Waals surface area contributed by atoms with Crippen molar-refractivity contribution >= 4 is 5.91 Å². The summed E-state index contributed by atoms with van der Waals surface area (Å²) in [6.07, 6.45) is 8.76. The number of aromatic nitrogens is 3. The summed E-state index contributed by atoms with van der Waals surface area (Å²) in [5.74, 6) is 1.86. The van der Waals surface area contributed by atoms with Gasteiger partial charge in [0.15, 0.2) is 5.82 Å². The summed E-state index contributed by atoms with van der Waals surface area (Å²) in [6, 6.07) is 5.74. The number of carbonyl (C=O) groups is 1. The van der Waals surface area contributed by atoms with Crippen LogP contribution in [0.4, 0.5) is 0 Å². The standard InChI is InChI=1S/C17H21N5O/c18-16-13-3-2-12(9-13)15(16)17(23)20-10-11-4-6-19-14(8-11)22-7-1-5-21-22/h1,4-8,12-13,15-16H,2-3,9-10,18H2,(H,20,23). The van der Waals surface area contributed by atoms with Gasteiger partial charge in [-0.05, 0) is 54.9 Å². The molecule has 0 saturated heterocycles. The third kappa shape index (κ3) is 2.63. The maximum atomic E-state index is 12.5. The summed E-state index contributed by atoms with van der Waals surface area (Å²) < 4.78 is 1.71. The Balaban J connectivity index is 1.41. The van der Waals surface area contributed by atoms with Gasteiger partial charge < -0.3 is 11.1 Å². The first kappa shape index (κ1) is 14.4. The predicted octanol–water partition coefficient (Wildman–Crippen LogP) is 1.26. The quantitative estimate of drug-likeness (QED) is 0.890. The molecule has 2 aromatic heterocycles. The number of rotatable bonds is 4. The van der Waals surface area contributed by atoms with Crippen molar-refractivity contribution < 1.29 is 4.79 Å². The van der Waals surface area contributed by atoms with Crippen LogP contribution in [0.25, 0.3) is 5.82 Å². The zero-order chi connectivity index (χ0) is 15.8. The van der Waals surface area contributed by atoms with Gasteiger partial charge in [0.2, 0.25) is 5.91 Å². The number of amides is 1. The summed E-state index contributed by atoms with van der Waals surface area (Å²) >= 11 is 0. The molecule has 120 valence electrons. The fraction of sp³-hybridized carbons (Fsp3) is 0.471. The highest BCUT2D eigenvalue weighted by molar-refractivity contribution is 5.80. The summed E-state index contributed by atoms with van der Waals surface area (Å²) in [5, 5.41) is 7.22. The number of hydrogen-bond acceptors (Lipinski definition) is 4. The van der Waals surface area contributed by atoms with Crippen molar-refractivity contribution in [2.24, 2.45) is 23.5 Å². The largest absolute Gasteiger partial charge is 0.352 e. The Morgan fingerprint density at radius 3 is 2.96 bits per heavy atom. The molecule has 23 heavy (non-hydrogen) atoms. The van der Waals surface area contributed by atoms with E-state index >= 15 is 0 Å². The van der Waals surface area contributed by atoms with Crippen LogP contribution in [-0.2, 0) is 11.3 Å². The van der Waals surface area contributed by atoms with Crippen LogP contribution in [0, 0.1) is 17.8 Å². The van der Waals surface area contributed by atoms with E-state index in [0.29, 0.717) is 18.4 Å². The Bertz CT molecular complexity index is 697. The zero-order valence-corrected chi connectivity index (χ0v) is 12.9. The fourth-order valence-corrected chi connectivity index (χ4v) is 4.13. The molecule has 6 nitrogen and oxygen atoms in total. The van der Waals surface area contributed by atoms with Gasteiger partial charge in [-0.3, -0.25) is 4.79 Å². The minimum absolute atomic E-state index is 0.0128. The lowest BCUT2D eigenvalue weighted by Crippen LogP contribution is -2.45. The molecule has 0 aliphatic heterocycles. The molecule has 2 bridgehead atoms. The Kier molecular flexibility index (Phi) is 3.61. The van der Waals surface area contributed by atoms with Crippen LogP contribution in [0.1, 0.15) is 24.8 Å². The van der Waals surface area contributed by atoms with E-state index in [4.69, 9.17) is 5.73 Å². The van der Waals surface area contributed by atoms with E-state index in [-0.39, 0.29) is 17.9 Å². The normalized spacial score (nSPS) is 28.9. The number of nitrogens with zero attached hydrogens (tertiary/aromatic N) is 3. The number of pyridine rings is 1. The maximum absolute atomic E-state index is 12.5. The molecule has 2 aromatic rings. The zero-order valence-electron chi connectivity index (χ0n) is 12.9. The lowest BCUT2D eigenvalue weighted by atomic mass is 9.84. The molecule has 2 aliphatic carbocycles. The van der Waals surface area contributed by atoms with Crippen molar-refractivity contribution in [3.8, 4) is 5.82 Å². The number of fused-ring (bicyclic) bond motifs is 2. The third-order valence-electron chi connectivity index (χ3n) is 5.30. The van der Waals surface area contributed by atoms with Gasteiger partial charge in [-0.2, -0.15) is 5.10 Å². The van der Waals surface area contributed by atoms with Gasteiger partial charge in [0.05, 0.1) is 5.92 Å². The van der Waals surface area contributed by atoms with Crippen molar-refractivity contribution in [1.82, 2.24) is 20.1 Å². The minimum Gasteiger partial charge on any atom is -0.352 e. The number of nitrogens with two attached hydrogens (primary N) is 1. The van der Waals surface area contributed by atoms with Gasteiger partial charge in [-0.25, -0.2) is 9.67 Å². The van der Waals surface area contributed by atoms with Gasteiger partial charge in [-0.15, -0.1) is 0 Å². The van der Waals surface area contributed by atoms with Gasteiger partial charge >= 0.3 is 0 Å². The number of nitrogens with one attached hydrogen (secondary N) is 1. The SMILES string of the molecule is NC1C2CCC(C2)C1C(=O)NCc1ccnc(-n2cccn2)c1. The van der Waals surface area contributed by atoms with Crippen LogP contribution in [0.15, 0.2) is 36.8 Å². The summed E-state index contributed by atoms with van der Waals surface area (Å²) in [7, 11) is 0. The van der Waals surface area contributed by atoms with E-state index in [0.717, 1.165) is 24.2 Å². The van der Waals surface area contributed by atoms with Crippen LogP contribution in [-0.4, -0.2) is 26.7 Å². The van der Waals surface area contributed by atoms with Crippen LogP contribution in [0.3, 0.4) is 0 Å². The smallest absolute Gasteiger partial charge is 0.225 e. The second-order valence-electron chi connectivity index (χ2n) is 6.63. The molecule has 6 heteroatoms. The highest BCUT2D eigenvalue weighted by atomic mass is 16.1. The van der Waals surface area contributed by atoms with Gasteiger partial charge in [0.25, 0.3) is 0 Å². The van der Waals surface area contributed by atoms with Crippen molar-refractivity contribution in [2.45, 2.75) is 31.8 Å². The van der Waals surface area contributed by atoms with Crippen LogP contribution < -0.4 is 11.1 Å².